The van der Waals surface area contributed by atoms with Crippen molar-refractivity contribution in [3.63, 3.8) is 0 Å². The van der Waals surface area contributed by atoms with E-state index in [-0.39, 0.29) is 11.9 Å². The predicted molar refractivity (Wildman–Crippen MR) is 153 cm³/mol. The minimum absolute atomic E-state index is 0.175. The van der Waals surface area contributed by atoms with Crippen LogP contribution in [0.25, 0.3) is 10.9 Å². The van der Waals surface area contributed by atoms with Gasteiger partial charge in [-0.15, -0.1) is 0 Å². The second-order valence-corrected chi connectivity index (χ2v) is 10.1. The summed E-state index contributed by atoms with van der Waals surface area (Å²) in [6, 6.07) is 17.6. The number of pyridine rings is 1. The molecule has 1 fully saturated rings. The summed E-state index contributed by atoms with van der Waals surface area (Å²) in [6.45, 7) is 4.24. The SMILES string of the molecule is CNC(=O)n1ccc2cc(N(C)c3ccnc(NC(=O)c4ccc(C5CCN(C)CC5)cc4)c3)c(C)cc21. The van der Waals surface area contributed by atoms with Crippen molar-refractivity contribution in [1.82, 2.24) is 19.8 Å². The molecule has 1 aliphatic rings. The van der Waals surface area contributed by atoms with E-state index in [4.69, 9.17) is 0 Å². The third kappa shape index (κ3) is 5.13. The maximum Gasteiger partial charge on any atom is 0.325 e. The maximum atomic E-state index is 13.0. The van der Waals surface area contributed by atoms with Crippen LogP contribution in [0.3, 0.4) is 0 Å². The molecule has 2 amide bonds. The average molecular weight is 511 g/mol. The van der Waals surface area contributed by atoms with Gasteiger partial charge in [-0.3, -0.25) is 9.36 Å². The van der Waals surface area contributed by atoms with E-state index in [1.807, 2.05) is 50.4 Å². The van der Waals surface area contributed by atoms with Crippen molar-refractivity contribution in [3.8, 4) is 0 Å². The molecule has 4 aromatic rings. The first kappa shape index (κ1) is 25.5. The van der Waals surface area contributed by atoms with Gasteiger partial charge in [0.1, 0.15) is 5.82 Å². The largest absolute Gasteiger partial charge is 0.344 e. The zero-order chi connectivity index (χ0) is 26.8. The van der Waals surface area contributed by atoms with Crippen molar-refractivity contribution in [1.29, 1.82) is 0 Å². The summed E-state index contributed by atoms with van der Waals surface area (Å²) in [4.78, 5) is 33.9. The van der Waals surface area contributed by atoms with Crippen molar-refractivity contribution < 1.29 is 9.59 Å². The quantitative estimate of drug-likeness (QED) is 0.378. The number of hydrogen-bond acceptors (Lipinski definition) is 5. The highest BCUT2D eigenvalue weighted by Crippen LogP contribution is 2.32. The van der Waals surface area contributed by atoms with Crippen LogP contribution >= 0.6 is 0 Å². The minimum atomic E-state index is -0.180. The molecule has 0 radical (unpaired) electrons. The number of rotatable bonds is 5. The number of nitrogens with one attached hydrogen (secondary N) is 2. The van der Waals surface area contributed by atoms with E-state index in [1.54, 1.807) is 24.0 Å². The summed E-state index contributed by atoms with van der Waals surface area (Å²) in [5, 5.41) is 6.58. The highest BCUT2D eigenvalue weighted by molar-refractivity contribution is 6.04. The van der Waals surface area contributed by atoms with Gasteiger partial charge in [0.2, 0.25) is 0 Å². The molecular formula is C30H34N6O2. The fourth-order valence-corrected chi connectivity index (χ4v) is 5.21. The van der Waals surface area contributed by atoms with Crippen molar-refractivity contribution in [3.05, 3.63) is 83.7 Å². The van der Waals surface area contributed by atoms with Crippen LogP contribution in [-0.4, -0.2) is 60.6 Å². The van der Waals surface area contributed by atoms with Crippen LogP contribution in [-0.2, 0) is 0 Å². The Labute approximate surface area is 223 Å². The second kappa shape index (κ2) is 10.7. The molecular weight excluding hydrogens is 476 g/mol. The molecule has 1 saturated heterocycles. The normalized spacial score (nSPS) is 14.4. The van der Waals surface area contributed by atoms with Gasteiger partial charge in [-0.1, -0.05) is 12.1 Å². The number of hydrogen-bond donors (Lipinski definition) is 2. The van der Waals surface area contributed by atoms with E-state index in [0.29, 0.717) is 17.3 Å². The van der Waals surface area contributed by atoms with E-state index in [2.05, 4.69) is 50.7 Å². The third-order valence-electron chi connectivity index (χ3n) is 7.54. The van der Waals surface area contributed by atoms with Crippen LogP contribution in [0.4, 0.5) is 22.0 Å². The Morgan fingerprint density at radius 1 is 1.03 bits per heavy atom. The summed E-state index contributed by atoms with van der Waals surface area (Å²) in [7, 11) is 5.76. The standard InChI is InChI=1S/C30H34N6O2/c1-20-17-27-24(12-16-36(27)30(38)31-2)18-26(20)35(4)25-9-13-32-28(19-25)33-29(37)23-7-5-21(6-8-23)22-10-14-34(3)15-11-22/h5-9,12-13,16-19,22H,10-11,14-15H2,1-4H3,(H,31,38)(H,32,33,37). The van der Waals surface area contributed by atoms with E-state index in [0.717, 1.165) is 53.8 Å². The van der Waals surface area contributed by atoms with Gasteiger partial charge >= 0.3 is 6.03 Å². The van der Waals surface area contributed by atoms with Gasteiger partial charge in [0.15, 0.2) is 0 Å². The van der Waals surface area contributed by atoms with Gasteiger partial charge in [-0.2, -0.15) is 0 Å². The lowest BCUT2D eigenvalue weighted by atomic mass is 9.89. The van der Waals surface area contributed by atoms with Gasteiger partial charge in [0, 0.05) is 54.9 Å². The van der Waals surface area contributed by atoms with E-state index in [1.165, 1.54) is 5.56 Å². The molecule has 8 heteroatoms. The van der Waals surface area contributed by atoms with E-state index < -0.39 is 0 Å². The second-order valence-electron chi connectivity index (χ2n) is 10.1. The number of amides is 2. The Morgan fingerprint density at radius 3 is 2.47 bits per heavy atom. The van der Waals surface area contributed by atoms with Gasteiger partial charge in [0.05, 0.1) is 5.52 Å². The Morgan fingerprint density at radius 2 is 1.76 bits per heavy atom. The number of aryl methyl sites for hydroxylation is 1. The lowest BCUT2D eigenvalue weighted by Crippen LogP contribution is -2.29. The molecule has 0 atom stereocenters. The van der Waals surface area contributed by atoms with Crippen molar-refractivity contribution in [2.24, 2.45) is 0 Å². The Bertz CT molecular complexity index is 1470. The minimum Gasteiger partial charge on any atom is -0.344 e. The highest BCUT2D eigenvalue weighted by Gasteiger charge is 2.19. The van der Waals surface area contributed by atoms with Gasteiger partial charge < -0.3 is 20.4 Å². The van der Waals surface area contributed by atoms with Crippen molar-refractivity contribution >= 4 is 40.0 Å². The zero-order valence-corrected chi connectivity index (χ0v) is 22.4. The molecule has 0 unspecified atom stereocenters. The first-order valence-corrected chi connectivity index (χ1v) is 13.0. The smallest absolute Gasteiger partial charge is 0.325 e. The Balaban J connectivity index is 1.31. The molecule has 2 N–H and O–H groups in total. The summed E-state index contributed by atoms with van der Waals surface area (Å²) >= 11 is 0. The molecule has 0 spiro atoms. The van der Waals surface area contributed by atoms with E-state index in [9.17, 15) is 9.59 Å². The van der Waals surface area contributed by atoms with Crippen molar-refractivity contribution in [2.75, 3.05) is 44.4 Å². The third-order valence-corrected chi connectivity index (χ3v) is 7.54. The molecule has 0 saturated carbocycles. The molecule has 8 nitrogen and oxygen atoms in total. The van der Waals surface area contributed by atoms with Gasteiger partial charge in [-0.25, -0.2) is 9.78 Å². The van der Waals surface area contributed by atoms with Gasteiger partial charge in [-0.05, 0) is 93.3 Å². The fraction of sp³-hybridized carbons (Fsp3) is 0.300. The number of carbonyl (C=O) groups excluding carboxylic acids is 2. The Kier molecular flexibility index (Phi) is 7.15. The fourth-order valence-electron chi connectivity index (χ4n) is 5.21. The topological polar surface area (TPSA) is 82.5 Å². The van der Waals surface area contributed by atoms with Crippen LogP contribution in [0.2, 0.25) is 0 Å². The molecule has 5 rings (SSSR count). The summed E-state index contributed by atoms with van der Waals surface area (Å²) in [5.74, 6) is 0.867. The van der Waals surface area contributed by atoms with Crippen LogP contribution < -0.4 is 15.5 Å². The molecule has 196 valence electrons. The number of piperidine rings is 1. The number of carbonyl (C=O) groups is 2. The highest BCUT2D eigenvalue weighted by atomic mass is 16.2. The molecule has 2 aromatic heterocycles. The number of nitrogens with zero attached hydrogens (tertiary/aromatic N) is 4. The lowest BCUT2D eigenvalue weighted by molar-refractivity contribution is 0.102. The summed E-state index contributed by atoms with van der Waals surface area (Å²) in [6.07, 6.45) is 5.77. The maximum absolute atomic E-state index is 13.0. The molecule has 0 aliphatic carbocycles. The van der Waals surface area contributed by atoms with E-state index >= 15 is 0 Å². The van der Waals surface area contributed by atoms with Crippen LogP contribution in [0.1, 0.15) is 40.2 Å². The number of aromatic nitrogens is 2. The van der Waals surface area contributed by atoms with Gasteiger partial charge in [0.25, 0.3) is 5.91 Å². The summed E-state index contributed by atoms with van der Waals surface area (Å²) in [5.41, 5.74) is 5.68. The number of anilines is 3. The first-order valence-electron chi connectivity index (χ1n) is 13.0. The van der Waals surface area contributed by atoms with Crippen LogP contribution in [0.5, 0.6) is 0 Å². The number of fused-ring (bicyclic) bond motifs is 1. The molecule has 1 aliphatic heterocycles. The zero-order valence-electron chi connectivity index (χ0n) is 22.4. The monoisotopic (exact) mass is 510 g/mol. The summed E-state index contributed by atoms with van der Waals surface area (Å²) < 4.78 is 1.60. The molecule has 3 heterocycles. The molecule has 0 bridgehead atoms. The van der Waals surface area contributed by atoms with Crippen LogP contribution in [0.15, 0.2) is 67.0 Å². The van der Waals surface area contributed by atoms with Crippen molar-refractivity contribution in [2.45, 2.75) is 25.7 Å². The lowest BCUT2D eigenvalue weighted by Gasteiger charge is -2.29. The number of benzene rings is 2. The predicted octanol–water partition coefficient (Wildman–Crippen LogP) is 5.36. The number of likely N-dealkylation sites (tertiary alicyclic amines) is 1. The van der Waals surface area contributed by atoms with Crippen LogP contribution in [0, 0.1) is 6.92 Å². The average Bonchev–Trinajstić information content (AvgIpc) is 3.35. The molecule has 38 heavy (non-hydrogen) atoms. The Hall–Kier alpha value is -4.17. The molecule has 2 aromatic carbocycles. The first-order chi connectivity index (χ1) is 18.3.